The van der Waals surface area contributed by atoms with Gasteiger partial charge in [0.15, 0.2) is 0 Å². The highest BCUT2D eigenvalue weighted by atomic mass is 35.5. The Hall–Kier alpha value is -1.55. The van der Waals surface area contributed by atoms with Gasteiger partial charge in [-0.15, -0.1) is 12.4 Å². The summed E-state index contributed by atoms with van der Waals surface area (Å²) in [6.45, 7) is 4.74. The first kappa shape index (κ1) is 14.5. The van der Waals surface area contributed by atoms with E-state index >= 15 is 0 Å². The van der Waals surface area contributed by atoms with Crippen LogP contribution in [0.3, 0.4) is 0 Å². The van der Waals surface area contributed by atoms with E-state index in [0.717, 1.165) is 11.3 Å². The summed E-state index contributed by atoms with van der Waals surface area (Å²) in [5.41, 5.74) is 1.87. The van der Waals surface area contributed by atoms with E-state index < -0.39 is 0 Å². The summed E-state index contributed by atoms with van der Waals surface area (Å²) in [4.78, 5) is 0. The highest BCUT2D eigenvalue weighted by molar-refractivity contribution is 5.85. The summed E-state index contributed by atoms with van der Waals surface area (Å²) < 4.78 is 14.8. The highest BCUT2D eigenvalue weighted by Gasteiger charge is 2.01. The smallest absolute Gasteiger partial charge is 0.123 e. The number of rotatable bonds is 4. The van der Waals surface area contributed by atoms with Crippen LogP contribution < -0.4 is 5.32 Å². The predicted octanol–water partition coefficient (Wildman–Crippen LogP) is 3.64. The molecule has 0 aliphatic carbocycles. The Bertz CT molecular complexity index is 496. The van der Waals surface area contributed by atoms with E-state index in [-0.39, 0.29) is 18.2 Å². The molecule has 0 amide bonds. The topological polar surface area (TPSA) is 29.9 Å². The molecule has 0 unspecified atom stereocenters. The normalized spacial score (nSPS) is 10.2. The van der Waals surface area contributed by atoms with E-state index in [1.807, 2.05) is 16.9 Å². The molecule has 18 heavy (non-hydrogen) atoms. The summed E-state index contributed by atoms with van der Waals surface area (Å²) in [7, 11) is 0. The largest absolute Gasteiger partial charge is 0.378 e. The first-order valence-electron chi connectivity index (χ1n) is 5.67. The average molecular weight is 270 g/mol. The zero-order valence-corrected chi connectivity index (χ0v) is 11.2. The number of halogens is 2. The van der Waals surface area contributed by atoms with Crippen LogP contribution in [0.2, 0.25) is 0 Å². The van der Waals surface area contributed by atoms with Gasteiger partial charge in [-0.05, 0) is 31.5 Å². The minimum atomic E-state index is -0.206. The van der Waals surface area contributed by atoms with Crippen LogP contribution in [0.5, 0.6) is 0 Å². The van der Waals surface area contributed by atoms with E-state index in [9.17, 15) is 4.39 Å². The van der Waals surface area contributed by atoms with Crippen LogP contribution in [0.4, 0.5) is 10.1 Å². The molecule has 0 aliphatic rings. The quantitative estimate of drug-likeness (QED) is 0.918. The molecule has 1 heterocycles. The van der Waals surface area contributed by atoms with Gasteiger partial charge in [0, 0.05) is 18.8 Å². The Morgan fingerprint density at radius 2 is 2.17 bits per heavy atom. The maximum atomic E-state index is 13.0. The van der Waals surface area contributed by atoms with Gasteiger partial charge in [0.25, 0.3) is 0 Å². The second-order valence-corrected chi connectivity index (χ2v) is 4.29. The summed E-state index contributed by atoms with van der Waals surface area (Å²) in [5, 5.41) is 7.44. The first-order valence-corrected chi connectivity index (χ1v) is 5.67. The molecule has 1 aromatic carbocycles. The number of hydrogen-bond acceptors (Lipinski definition) is 2. The molecule has 0 spiro atoms. The standard InChI is InChI=1S/C13H16FN3.ClH/c1-10(2)17-9-13(8-16-17)15-7-11-4-3-5-12(14)6-11;/h3-6,8-10,15H,7H2,1-2H3;1H. The maximum absolute atomic E-state index is 13.0. The van der Waals surface area contributed by atoms with E-state index in [1.165, 1.54) is 12.1 Å². The van der Waals surface area contributed by atoms with Crippen molar-refractivity contribution in [2.45, 2.75) is 26.4 Å². The van der Waals surface area contributed by atoms with Crippen LogP contribution in [0.25, 0.3) is 0 Å². The minimum absolute atomic E-state index is 0. The number of nitrogens with one attached hydrogen (secondary N) is 1. The average Bonchev–Trinajstić information content (AvgIpc) is 2.75. The molecule has 1 aromatic heterocycles. The van der Waals surface area contributed by atoms with Crippen LogP contribution in [0.15, 0.2) is 36.7 Å². The molecule has 3 nitrogen and oxygen atoms in total. The highest BCUT2D eigenvalue weighted by Crippen LogP contribution is 2.12. The third-order valence-electron chi connectivity index (χ3n) is 2.52. The van der Waals surface area contributed by atoms with Crippen molar-refractivity contribution in [1.29, 1.82) is 0 Å². The molecule has 2 rings (SSSR count). The molecule has 0 radical (unpaired) electrons. The molecule has 2 aromatic rings. The van der Waals surface area contributed by atoms with E-state index in [1.54, 1.807) is 12.3 Å². The summed E-state index contributed by atoms with van der Waals surface area (Å²) in [6, 6.07) is 6.92. The van der Waals surface area contributed by atoms with E-state index in [4.69, 9.17) is 0 Å². The Morgan fingerprint density at radius 3 is 2.78 bits per heavy atom. The SMILES string of the molecule is CC(C)n1cc(NCc2cccc(F)c2)cn1.Cl. The van der Waals surface area contributed by atoms with Crippen molar-refractivity contribution in [2.75, 3.05) is 5.32 Å². The first-order chi connectivity index (χ1) is 8.15. The minimum Gasteiger partial charge on any atom is -0.378 e. The fraction of sp³-hybridized carbons (Fsp3) is 0.308. The fourth-order valence-corrected chi connectivity index (χ4v) is 1.56. The van der Waals surface area contributed by atoms with Crippen molar-refractivity contribution in [3.63, 3.8) is 0 Å². The fourth-order valence-electron chi connectivity index (χ4n) is 1.56. The second-order valence-electron chi connectivity index (χ2n) is 4.29. The van der Waals surface area contributed by atoms with Gasteiger partial charge in [0.2, 0.25) is 0 Å². The summed E-state index contributed by atoms with van der Waals surface area (Å²) in [6.07, 6.45) is 3.73. The lowest BCUT2D eigenvalue weighted by Gasteiger charge is -2.05. The third-order valence-corrected chi connectivity index (χ3v) is 2.52. The van der Waals surface area contributed by atoms with Crippen LogP contribution in [0.1, 0.15) is 25.5 Å². The molecule has 0 saturated heterocycles. The molecule has 1 N–H and O–H groups in total. The lowest BCUT2D eigenvalue weighted by atomic mass is 10.2. The maximum Gasteiger partial charge on any atom is 0.123 e. The van der Waals surface area contributed by atoms with Gasteiger partial charge in [-0.2, -0.15) is 5.10 Å². The van der Waals surface area contributed by atoms with Gasteiger partial charge in [-0.25, -0.2) is 4.39 Å². The Morgan fingerprint density at radius 1 is 1.39 bits per heavy atom. The van der Waals surface area contributed by atoms with Crippen LogP contribution >= 0.6 is 12.4 Å². The van der Waals surface area contributed by atoms with Crippen LogP contribution in [-0.4, -0.2) is 9.78 Å². The van der Waals surface area contributed by atoms with Gasteiger partial charge in [-0.3, -0.25) is 4.68 Å². The van der Waals surface area contributed by atoms with Crippen molar-refractivity contribution in [1.82, 2.24) is 9.78 Å². The Balaban J connectivity index is 0.00000162. The van der Waals surface area contributed by atoms with Gasteiger partial charge in [0.1, 0.15) is 5.82 Å². The Kier molecular flexibility index (Phi) is 5.16. The van der Waals surface area contributed by atoms with Crippen LogP contribution in [-0.2, 0) is 6.54 Å². The van der Waals surface area contributed by atoms with Crippen molar-refractivity contribution >= 4 is 18.1 Å². The number of hydrogen-bond donors (Lipinski definition) is 1. The van der Waals surface area contributed by atoms with Gasteiger partial charge in [-0.1, -0.05) is 12.1 Å². The molecule has 5 heteroatoms. The molecular formula is C13H17ClFN3. The monoisotopic (exact) mass is 269 g/mol. The summed E-state index contributed by atoms with van der Waals surface area (Å²) in [5.74, 6) is -0.206. The van der Waals surface area contributed by atoms with Crippen molar-refractivity contribution in [3.8, 4) is 0 Å². The molecule has 0 saturated carbocycles. The van der Waals surface area contributed by atoms with E-state index in [2.05, 4.69) is 24.3 Å². The third kappa shape index (κ3) is 3.74. The summed E-state index contributed by atoms with van der Waals surface area (Å²) >= 11 is 0. The molecular weight excluding hydrogens is 253 g/mol. The van der Waals surface area contributed by atoms with Crippen molar-refractivity contribution < 1.29 is 4.39 Å². The van der Waals surface area contributed by atoms with Crippen molar-refractivity contribution in [3.05, 3.63) is 48.0 Å². The number of benzene rings is 1. The molecule has 0 fully saturated rings. The second kappa shape index (κ2) is 6.40. The lowest BCUT2D eigenvalue weighted by Crippen LogP contribution is -2.01. The molecule has 0 bridgehead atoms. The zero-order chi connectivity index (χ0) is 12.3. The Labute approximate surface area is 112 Å². The molecule has 98 valence electrons. The predicted molar refractivity (Wildman–Crippen MR) is 73.6 cm³/mol. The van der Waals surface area contributed by atoms with Crippen molar-refractivity contribution in [2.24, 2.45) is 0 Å². The lowest BCUT2D eigenvalue weighted by molar-refractivity contribution is 0.532. The number of nitrogens with zero attached hydrogens (tertiary/aromatic N) is 2. The van der Waals surface area contributed by atoms with Gasteiger partial charge >= 0.3 is 0 Å². The zero-order valence-electron chi connectivity index (χ0n) is 10.4. The number of anilines is 1. The van der Waals surface area contributed by atoms with Gasteiger partial charge in [0.05, 0.1) is 11.9 Å². The van der Waals surface area contributed by atoms with Gasteiger partial charge < -0.3 is 5.32 Å². The number of aromatic nitrogens is 2. The molecule has 0 aliphatic heterocycles. The van der Waals surface area contributed by atoms with Crippen LogP contribution in [0, 0.1) is 5.82 Å². The van der Waals surface area contributed by atoms with E-state index in [0.29, 0.717) is 12.6 Å². The molecule has 0 atom stereocenters.